The average molecular weight is 256 g/mol. The van der Waals surface area contributed by atoms with E-state index in [9.17, 15) is 4.79 Å². The first-order valence-electron chi connectivity index (χ1n) is 7.01. The maximum atomic E-state index is 11.8. The van der Waals surface area contributed by atoms with Crippen molar-refractivity contribution in [3.63, 3.8) is 0 Å². The summed E-state index contributed by atoms with van der Waals surface area (Å²) in [6, 6.07) is 0. The summed E-state index contributed by atoms with van der Waals surface area (Å²) in [5, 5.41) is 6.24. The highest BCUT2D eigenvalue weighted by atomic mass is 16.2. The van der Waals surface area contributed by atoms with E-state index in [0.29, 0.717) is 11.3 Å². The minimum atomic E-state index is -0.290. The lowest BCUT2D eigenvalue weighted by atomic mass is 9.80. The van der Waals surface area contributed by atoms with Gasteiger partial charge in [0.15, 0.2) is 0 Å². The molecular formula is C15H32N2O. The molecule has 0 saturated heterocycles. The van der Waals surface area contributed by atoms with E-state index in [4.69, 9.17) is 0 Å². The van der Waals surface area contributed by atoms with Crippen molar-refractivity contribution in [2.24, 2.45) is 16.7 Å². The first-order valence-corrected chi connectivity index (χ1v) is 7.01. The fourth-order valence-corrected chi connectivity index (χ4v) is 2.11. The Hall–Kier alpha value is -0.570. The van der Waals surface area contributed by atoms with Crippen molar-refractivity contribution in [2.75, 3.05) is 20.1 Å². The molecule has 1 atom stereocenters. The van der Waals surface area contributed by atoms with Gasteiger partial charge in [-0.2, -0.15) is 0 Å². The lowest BCUT2D eigenvalue weighted by Crippen LogP contribution is -2.38. The minimum Gasteiger partial charge on any atom is -0.355 e. The minimum absolute atomic E-state index is 0.141. The molecule has 18 heavy (non-hydrogen) atoms. The Balaban J connectivity index is 4.04. The second kappa shape index (κ2) is 7.13. The highest BCUT2D eigenvalue weighted by molar-refractivity contribution is 5.81. The summed E-state index contributed by atoms with van der Waals surface area (Å²) < 4.78 is 0. The van der Waals surface area contributed by atoms with Gasteiger partial charge in [-0.1, -0.05) is 41.5 Å². The maximum absolute atomic E-state index is 11.8. The predicted octanol–water partition coefficient (Wildman–Crippen LogP) is 2.81. The van der Waals surface area contributed by atoms with E-state index < -0.39 is 0 Å². The lowest BCUT2D eigenvalue weighted by molar-refractivity contribution is -0.128. The van der Waals surface area contributed by atoms with Crippen LogP contribution < -0.4 is 10.6 Å². The zero-order valence-corrected chi connectivity index (χ0v) is 13.3. The molecule has 1 amide bonds. The highest BCUT2D eigenvalue weighted by Gasteiger charge is 2.24. The standard InChI is InChI=1S/C15H32N2O/c1-12(10-15(5,6)8-9-16-7)11-17-13(18)14(2,3)4/h12,16H,8-11H2,1-7H3,(H,17,18). The zero-order valence-electron chi connectivity index (χ0n) is 13.3. The lowest BCUT2D eigenvalue weighted by Gasteiger charge is -2.29. The van der Waals surface area contributed by atoms with Crippen molar-refractivity contribution in [1.82, 2.24) is 10.6 Å². The van der Waals surface area contributed by atoms with Crippen LogP contribution in [0.5, 0.6) is 0 Å². The first kappa shape index (κ1) is 17.4. The summed E-state index contributed by atoms with van der Waals surface area (Å²) >= 11 is 0. The molecule has 0 radical (unpaired) electrons. The molecule has 0 rings (SSSR count). The number of hydrogen-bond donors (Lipinski definition) is 2. The first-order chi connectivity index (χ1) is 8.08. The summed E-state index contributed by atoms with van der Waals surface area (Å²) in [6.45, 7) is 14.5. The van der Waals surface area contributed by atoms with Crippen LogP contribution in [0.15, 0.2) is 0 Å². The number of rotatable bonds is 7. The van der Waals surface area contributed by atoms with Gasteiger partial charge in [0.2, 0.25) is 5.91 Å². The van der Waals surface area contributed by atoms with Gasteiger partial charge in [0.1, 0.15) is 0 Å². The molecule has 0 aliphatic carbocycles. The zero-order chi connectivity index (χ0) is 14.4. The smallest absolute Gasteiger partial charge is 0.225 e. The molecule has 0 fully saturated rings. The largest absolute Gasteiger partial charge is 0.355 e. The number of nitrogens with one attached hydrogen (secondary N) is 2. The normalized spacial score (nSPS) is 14.4. The predicted molar refractivity (Wildman–Crippen MR) is 78.6 cm³/mol. The van der Waals surface area contributed by atoms with Gasteiger partial charge >= 0.3 is 0 Å². The summed E-state index contributed by atoms with van der Waals surface area (Å²) in [4.78, 5) is 11.8. The van der Waals surface area contributed by atoms with E-state index in [-0.39, 0.29) is 11.3 Å². The fraction of sp³-hybridized carbons (Fsp3) is 0.933. The molecule has 3 nitrogen and oxygen atoms in total. The van der Waals surface area contributed by atoms with Gasteiger partial charge in [0, 0.05) is 12.0 Å². The van der Waals surface area contributed by atoms with Gasteiger partial charge in [-0.15, -0.1) is 0 Å². The topological polar surface area (TPSA) is 41.1 Å². The molecular weight excluding hydrogens is 224 g/mol. The van der Waals surface area contributed by atoms with Crippen LogP contribution in [0.4, 0.5) is 0 Å². The van der Waals surface area contributed by atoms with Gasteiger partial charge in [-0.3, -0.25) is 4.79 Å². The molecule has 0 spiro atoms. The van der Waals surface area contributed by atoms with Crippen LogP contribution in [0.2, 0.25) is 0 Å². The van der Waals surface area contributed by atoms with E-state index in [0.717, 1.165) is 19.5 Å². The quantitative estimate of drug-likeness (QED) is 0.735. The average Bonchev–Trinajstić information content (AvgIpc) is 2.21. The Labute approximate surface area is 113 Å². The summed E-state index contributed by atoms with van der Waals surface area (Å²) in [5.41, 5.74) is 0.0380. The van der Waals surface area contributed by atoms with E-state index in [2.05, 4.69) is 31.4 Å². The van der Waals surface area contributed by atoms with Crippen LogP contribution in [-0.2, 0) is 4.79 Å². The van der Waals surface area contributed by atoms with Crippen molar-refractivity contribution >= 4 is 5.91 Å². The number of amides is 1. The van der Waals surface area contributed by atoms with Crippen LogP contribution in [0, 0.1) is 16.7 Å². The summed E-state index contributed by atoms with van der Waals surface area (Å²) in [6.07, 6.45) is 2.31. The van der Waals surface area contributed by atoms with Crippen molar-refractivity contribution in [3.05, 3.63) is 0 Å². The van der Waals surface area contributed by atoms with Gasteiger partial charge in [0.05, 0.1) is 0 Å². The van der Waals surface area contributed by atoms with Crippen molar-refractivity contribution in [3.8, 4) is 0 Å². The van der Waals surface area contributed by atoms with Crippen molar-refractivity contribution in [2.45, 2.75) is 54.4 Å². The molecule has 0 aromatic rings. The van der Waals surface area contributed by atoms with Crippen LogP contribution in [0.25, 0.3) is 0 Å². The fourth-order valence-electron chi connectivity index (χ4n) is 2.11. The number of carbonyl (C=O) groups is 1. The molecule has 0 aromatic carbocycles. The SMILES string of the molecule is CNCCC(C)(C)CC(C)CNC(=O)C(C)(C)C. The van der Waals surface area contributed by atoms with E-state index in [1.165, 1.54) is 6.42 Å². The Kier molecular flexibility index (Phi) is 6.90. The number of hydrogen-bond acceptors (Lipinski definition) is 2. The Morgan fingerprint density at radius 3 is 2.17 bits per heavy atom. The van der Waals surface area contributed by atoms with Gasteiger partial charge in [0.25, 0.3) is 0 Å². The molecule has 2 N–H and O–H groups in total. The second-order valence-corrected chi connectivity index (χ2v) is 7.29. The number of carbonyl (C=O) groups excluding carboxylic acids is 1. The third-order valence-corrected chi connectivity index (χ3v) is 3.25. The van der Waals surface area contributed by atoms with Crippen molar-refractivity contribution in [1.29, 1.82) is 0 Å². The molecule has 108 valence electrons. The molecule has 0 aliphatic rings. The monoisotopic (exact) mass is 256 g/mol. The third-order valence-electron chi connectivity index (χ3n) is 3.25. The third kappa shape index (κ3) is 7.70. The van der Waals surface area contributed by atoms with Crippen molar-refractivity contribution < 1.29 is 4.79 Å². The van der Waals surface area contributed by atoms with E-state index in [1.54, 1.807) is 0 Å². The Morgan fingerprint density at radius 1 is 1.17 bits per heavy atom. The Bertz CT molecular complexity index is 254. The van der Waals surface area contributed by atoms with Crippen LogP contribution >= 0.6 is 0 Å². The summed E-state index contributed by atoms with van der Waals surface area (Å²) in [7, 11) is 1.99. The molecule has 0 aromatic heterocycles. The van der Waals surface area contributed by atoms with Gasteiger partial charge in [-0.25, -0.2) is 0 Å². The molecule has 0 bridgehead atoms. The molecule has 3 heteroatoms. The molecule has 0 aliphatic heterocycles. The molecule has 0 saturated carbocycles. The Morgan fingerprint density at radius 2 is 1.72 bits per heavy atom. The van der Waals surface area contributed by atoms with Crippen LogP contribution in [0.1, 0.15) is 54.4 Å². The van der Waals surface area contributed by atoms with E-state index >= 15 is 0 Å². The van der Waals surface area contributed by atoms with Crippen LogP contribution in [-0.4, -0.2) is 26.0 Å². The second-order valence-electron chi connectivity index (χ2n) is 7.29. The maximum Gasteiger partial charge on any atom is 0.225 e. The van der Waals surface area contributed by atoms with Crippen LogP contribution in [0.3, 0.4) is 0 Å². The molecule has 1 unspecified atom stereocenters. The molecule has 0 heterocycles. The summed E-state index contributed by atoms with van der Waals surface area (Å²) in [5.74, 6) is 0.658. The van der Waals surface area contributed by atoms with Gasteiger partial charge < -0.3 is 10.6 Å². The highest BCUT2D eigenvalue weighted by Crippen LogP contribution is 2.28. The van der Waals surface area contributed by atoms with E-state index in [1.807, 2.05) is 27.8 Å². The van der Waals surface area contributed by atoms with Gasteiger partial charge in [-0.05, 0) is 37.8 Å².